The Kier molecular flexibility index (Phi) is 4.56. The highest BCUT2D eigenvalue weighted by molar-refractivity contribution is 5.06. The summed E-state index contributed by atoms with van der Waals surface area (Å²) in [5.74, 6) is 0.365. The number of nitrogens with one attached hydrogen (secondary N) is 1. The standard InChI is InChI=1S/C12H22N2O/c1-4-10(2)12(3,9-13)14-8-11-6-5-7-15-11/h10-11,14H,4-8H2,1-3H3. The number of ether oxygens (including phenoxy) is 1. The second-order valence-electron chi connectivity index (χ2n) is 4.64. The fraction of sp³-hybridized carbons (Fsp3) is 0.917. The van der Waals surface area contributed by atoms with Crippen molar-refractivity contribution in [2.45, 2.75) is 51.7 Å². The van der Waals surface area contributed by atoms with Crippen LogP contribution in [0.3, 0.4) is 0 Å². The Morgan fingerprint density at radius 3 is 2.87 bits per heavy atom. The molecule has 1 fully saturated rings. The molecule has 0 aliphatic carbocycles. The Morgan fingerprint density at radius 1 is 1.67 bits per heavy atom. The van der Waals surface area contributed by atoms with Crippen molar-refractivity contribution in [1.82, 2.24) is 5.32 Å². The number of rotatable bonds is 5. The maximum Gasteiger partial charge on any atom is 0.106 e. The van der Waals surface area contributed by atoms with Gasteiger partial charge in [0.1, 0.15) is 5.54 Å². The van der Waals surface area contributed by atoms with Crippen LogP contribution in [-0.2, 0) is 4.74 Å². The van der Waals surface area contributed by atoms with Gasteiger partial charge in [-0.3, -0.25) is 5.32 Å². The SMILES string of the molecule is CCC(C)C(C)(C#N)NCC1CCCO1. The van der Waals surface area contributed by atoms with Gasteiger partial charge in [0.25, 0.3) is 0 Å². The van der Waals surface area contributed by atoms with Gasteiger partial charge in [0.15, 0.2) is 0 Å². The monoisotopic (exact) mass is 210 g/mol. The Hall–Kier alpha value is -0.590. The number of hydrogen-bond donors (Lipinski definition) is 1. The molecule has 0 saturated carbocycles. The lowest BCUT2D eigenvalue weighted by Crippen LogP contribution is -2.49. The van der Waals surface area contributed by atoms with Crippen LogP contribution in [0.5, 0.6) is 0 Å². The molecule has 0 radical (unpaired) electrons. The highest BCUT2D eigenvalue weighted by atomic mass is 16.5. The summed E-state index contributed by atoms with van der Waals surface area (Å²) in [6.45, 7) is 7.89. The second-order valence-corrected chi connectivity index (χ2v) is 4.64. The van der Waals surface area contributed by atoms with Crippen molar-refractivity contribution in [3.8, 4) is 6.07 Å². The van der Waals surface area contributed by atoms with Gasteiger partial charge in [-0.2, -0.15) is 5.26 Å². The van der Waals surface area contributed by atoms with Crippen molar-refractivity contribution in [2.24, 2.45) is 5.92 Å². The van der Waals surface area contributed by atoms with E-state index in [1.807, 2.05) is 6.92 Å². The van der Waals surface area contributed by atoms with Crippen molar-refractivity contribution < 1.29 is 4.74 Å². The molecule has 3 heteroatoms. The van der Waals surface area contributed by atoms with Gasteiger partial charge >= 0.3 is 0 Å². The van der Waals surface area contributed by atoms with E-state index in [9.17, 15) is 5.26 Å². The highest BCUT2D eigenvalue weighted by Crippen LogP contribution is 2.20. The average Bonchev–Trinajstić information content (AvgIpc) is 2.77. The molecule has 1 N–H and O–H groups in total. The van der Waals surface area contributed by atoms with Crippen molar-refractivity contribution >= 4 is 0 Å². The molecule has 0 amide bonds. The highest BCUT2D eigenvalue weighted by Gasteiger charge is 2.30. The minimum Gasteiger partial charge on any atom is -0.377 e. The predicted octanol–water partition coefficient (Wildman–Crippen LogP) is 2.08. The van der Waals surface area contributed by atoms with E-state index >= 15 is 0 Å². The topological polar surface area (TPSA) is 45.0 Å². The van der Waals surface area contributed by atoms with Crippen LogP contribution in [0.2, 0.25) is 0 Å². The summed E-state index contributed by atoms with van der Waals surface area (Å²) < 4.78 is 5.53. The van der Waals surface area contributed by atoms with Crippen molar-refractivity contribution in [3.05, 3.63) is 0 Å². The van der Waals surface area contributed by atoms with Gasteiger partial charge in [-0.1, -0.05) is 20.3 Å². The third-order valence-electron chi connectivity index (χ3n) is 3.55. The summed E-state index contributed by atoms with van der Waals surface area (Å²) in [6.07, 6.45) is 3.60. The first-order valence-corrected chi connectivity index (χ1v) is 5.90. The molecule has 0 bridgehead atoms. The van der Waals surface area contributed by atoms with E-state index in [0.29, 0.717) is 12.0 Å². The third-order valence-corrected chi connectivity index (χ3v) is 3.55. The van der Waals surface area contributed by atoms with E-state index in [4.69, 9.17) is 4.74 Å². The molecular formula is C12H22N2O. The molecule has 0 spiro atoms. The zero-order valence-electron chi connectivity index (χ0n) is 10.0. The molecule has 0 aromatic carbocycles. The molecule has 1 saturated heterocycles. The van der Waals surface area contributed by atoms with Crippen molar-refractivity contribution in [3.63, 3.8) is 0 Å². The maximum atomic E-state index is 9.21. The van der Waals surface area contributed by atoms with Crippen molar-refractivity contribution in [2.75, 3.05) is 13.2 Å². The number of nitriles is 1. The quantitative estimate of drug-likeness (QED) is 0.755. The van der Waals surface area contributed by atoms with Gasteiger partial charge < -0.3 is 4.74 Å². The number of hydrogen-bond acceptors (Lipinski definition) is 3. The van der Waals surface area contributed by atoms with E-state index in [1.165, 1.54) is 0 Å². The van der Waals surface area contributed by atoms with E-state index in [2.05, 4.69) is 25.2 Å². The van der Waals surface area contributed by atoms with Crippen molar-refractivity contribution in [1.29, 1.82) is 5.26 Å². The number of nitrogens with zero attached hydrogens (tertiary/aromatic N) is 1. The maximum absolute atomic E-state index is 9.21. The molecule has 86 valence electrons. The lowest BCUT2D eigenvalue weighted by Gasteiger charge is -2.30. The summed E-state index contributed by atoms with van der Waals surface area (Å²) in [5.41, 5.74) is -0.416. The summed E-state index contributed by atoms with van der Waals surface area (Å²) in [4.78, 5) is 0. The first kappa shape index (κ1) is 12.5. The lowest BCUT2D eigenvalue weighted by molar-refractivity contribution is 0.101. The molecule has 1 aliphatic rings. The van der Waals surface area contributed by atoms with Crippen LogP contribution in [0.1, 0.15) is 40.0 Å². The fourth-order valence-corrected chi connectivity index (χ4v) is 1.86. The van der Waals surface area contributed by atoms with Crippen LogP contribution in [0.4, 0.5) is 0 Å². The summed E-state index contributed by atoms with van der Waals surface area (Å²) in [7, 11) is 0. The minimum atomic E-state index is -0.416. The summed E-state index contributed by atoms with van der Waals surface area (Å²) in [6, 6.07) is 2.39. The fourth-order valence-electron chi connectivity index (χ4n) is 1.86. The van der Waals surface area contributed by atoms with Crippen LogP contribution < -0.4 is 5.32 Å². The van der Waals surface area contributed by atoms with Gasteiger partial charge in [-0.15, -0.1) is 0 Å². The van der Waals surface area contributed by atoms with E-state index in [0.717, 1.165) is 32.4 Å². The van der Waals surface area contributed by atoms with Gasteiger partial charge in [-0.25, -0.2) is 0 Å². The Morgan fingerprint density at radius 2 is 2.40 bits per heavy atom. The van der Waals surface area contributed by atoms with Gasteiger partial charge in [0.2, 0.25) is 0 Å². The normalized spacial score (nSPS) is 26.9. The zero-order chi connectivity index (χ0) is 11.3. The Balaban J connectivity index is 2.42. The van der Waals surface area contributed by atoms with E-state index in [1.54, 1.807) is 0 Å². The van der Waals surface area contributed by atoms with Crippen LogP contribution in [0.25, 0.3) is 0 Å². The van der Waals surface area contributed by atoms with Gasteiger partial charge in [0, 0.05) is 13.2 Å². The molecule has 1 heterocycles. The van der Waals surface area contributed by atoms with Gasteiger partial charge in [-0.05, 0) is 25.7 Å². The smallest absolute Gasteiger partial charge is 0.106 e. The van der Waals surface area contributed by atoms with Gasteiger partial charge in [0.05, 0.1) is 12.2 Å². The minimum absolute atomic E-state index is 0.307. The second kappa shape index (κ2) is 5.48. The first-order chi connectivity index (χ1) is 7.12. The molecule has 0 aromatic rings. The third kappa shape index (κ3) is 3.19. The average molecular weight is 210 g/mol. The van der Waals surface area contributed by atoms with Crippen LogP contribution in [0.15, 0.2) is 0 Å². The summed E-state index contributed by atoms with van der Waals surface area (Å²) >= 11 is 0. The molecule has 1 aliphatic heterocycles. The first-order valence-electron chi connectivity index (χ1n) is 5.90. The van der Waals surface area contributed by atoms with Crippen LogP contribution >= 0.6 is 0 Å². The molecule has 15 heavy (non-hydrogen) atoms. The lowest BCUT2D eigenvalue weighted by atomic mass is 9.86. The van der Waals surface area contributed by atoms with Crippen LogP contribution in [-0.4, -0.2) is 24.8 Å². The zero-order valence-corrected chi connectivity index (χ0v) is 10.0. The largest absolute Gasteiger partial charge is 0.377 e. The molecule has 3 nitrogen and oxygen atoms in total. The summed E-state index contributed by atoms with van der Waals surface area (Å²) in [5, 5.41) is 12.6. The molecule has 0 aromatic heterocycles. The Bertz CT molecular complexity index is 230. The van der Waals surface area contributed by atoms with Crippen LogP contribution in [0, 0.1) is 17.2 Å². The predicted molar refractivity (Wildman–Crippen MR) is 60.4 cm³/mol. The molecular weight excluding hydrogens is 188 g/mol. The molecule has 3 unspecified atom stereocenters. The molecule has 3 atom stereocenters. The molecule has 1 rings (SSSR count). The Labute approximate surface area is 92.8 Å². The van der Waals surface area contributed by atoms with E-state index < -0.39 is 5.54 Å². The van der Waals surface area contributed by atoms with E-state index in [-0.39, 0.29) is 0 Å².